The molecule has 1 unspecified atom stereocenters. The molecule has 0 aromatic heterocycles. The predicted molar refractivity (Wildman–Crippen MR) is 131 cm³/mol. The van der Waals surface area contributed by atoms with Crippen molar-refractivity contribution in [2.75, 3.05) is 11.2 Å². The van der Waals surface area contributed by atoms with E-state index in [9.17, 15) is 26.4 Å². The van der Waals surface area contributed by atoms with Crippen LogP contribution in [-0.4, -0.2) is 44.3 Å². The van der Waals surface area contributed by atoms with Crippen LogP contribution < -0.4 is 15.0 Å². The number of benzene rings is 2. The van der Waals surface area contributed by atoms with Crippen LogP contribution in [0.3, 0.4) is 0 Å². The van der Waals surface area contributed by atoms with E-state index in [1.54, 1.807) is 12.1 Å². The largest absolute Gasteiger partial charge is 0.477 e. The predicted octanol–water partition coefficient (Wildman–Crippen LogP) is 5.24. The molecular weight excluding hydrogens is 517 g/mol. The number of anilines is 1. The van der Waals surface area contributed by atoms with Crippen LogP contribution in [0.1, 0.15) is 45.1 Å². The summed E-state index contributed by atoms with van der Waals surface area (Å²) in [6.45, 7) is 2.87. The second-order valence-electron chi connectivity index (χ2n) is 9.95. The first-order chi connectivity index (χ1) is 16.6. The van der Waals surface area contributed by atoms with E-state index in [1.165, 1.54) is 26.2 Å². The molecule has 196 valence electrons. The van der Waals surface area contributed by atoms with Crippen molar-refractivity contribution in [1.82, 2.24) is 5.32 Å². The molecule has 36 heavy (non-hydrogen) atoms. The highest BCUT2D eigenvalue weighted by Gasteiger charge is 2.43. The van der Waals surface area contributed by atoms with Crippen LogP contribution in [0.15, 0.2) is 47.4 Å². The van der Waals surface area contributed by atoms with Crippen molar-refractivity contribution in [2.45, 2.75) is 74.3 Å². The van der Waals surface area contributed by atoms with E-state index in [2.05, 4.69) is 10.2 Å². The number of nitrogens with zero attached hydrogens (tertiary/aromatic N) is 1. The van der Waals surface area contributed by atoms with Gasteiger partial charge in [0.1, 0.15) is 5.75 Å². The third kappa shape index (κ3) is 5.59. The van der Waals surface area contributed by atoms with Gasteiger partial charge in [-0.25, -0.2) is 8.42 Å². The van der Waals surface area contributed by atoms with Gasteiger partial charge in [-0.2, -0.15) is 13.2 Å². The molecule has 0 radical (unpaired) electrons. The first-order valence-corrected chi connectivity index (χ1v) is 13.9. The molecule has 2 aromatic rings. The fourth-order valence-electron chi connectivity index (χ4n) is 5.08. The fraction of sp³-hybridized carbons (Fsp3) is 0.480. The molecule has 2 aliphatic heterocycles. The molecule has 4 rings (SSSR count). The van der Waals surface area contributed by atoms with Gasteiger partial charge in [-0.3, -0.25) is 4.79 Å². The van der Waals surface area contributed by atoms with Gasteiger partial charge in [0.2, 0.25) is 0 Å². The summed E-state index contributed by atoms with van der Waals surface area (Å²) in [5.74, 6) is -0.958. The number of amides is 1. The zero-order valence-corrected chi connectivity index (χ0v) is 21.7. The number of hydrogen-bond acceptors (Lipinski definition) is 5. The third-order valence-electron chi connectivity index (χ3n) is 6.79. The topological polar surface area (TPSA) is 75.7 Å². The van der Waals surface area contributed by atoms with Crippen molar-refractivity contribution in [1.29, 1.82) is 0 Å². The zero-order valence-electron chi connectivity index (χ0n) is 20.1. The molecule has 3 atom stereocenters. The van der Waals surface area contributed by atoms with Crippen molar-refractivity contribution in [2.24, 2.45) is 0 Å². The lowest BCUT2D eigenvalue weighted by Gasteiger charge is -2.41. The lowest BCUT2D eigenvalue weighted by molar-refractivity contribution is -0.143. The first-order valence-electron chi connectivity index (χ1n) is 11.6. The normalized spacial score (nSPS) is 22.4. The quantitative estimate of drug-likeness (QED) is 0.538. The van der Waals surface area contributed by atoms with Crippen molar-refractivity contribution in [3.63, 3.8) is 0 Å². The van der Waals surface area contributed by atoms with Gasteiger partial charge in [0.15, 0.2) is 15.4 Å². The van der Waals surface area contributed by atoms with Gasteiger partial charge in [0.25, 0.3) is 5.91 Å². The molecule has 0 saturated carbocycles. The molecule has 2 heterocycles. The van der Waals surface area contributed by atoms with Gasteiger partial charge in [-0.05, 0) is 82.0 Å². The number of ether oxygens (including phenoxy) is 1. The molecule has 2 aliphatic rings. The molecule has 1 amide bonds. The van der Waals surface area contributed by atoms with Gasteiger partial charge in [-0.15, -0.1) is 0 Å². The third-order valence-corrected chi connectivity index (χ3v) is 8.15. The monoisotopic (exact) mass is 544 g/mol. The molecule has 2 aromatic carbocycles. The number of nitrogens with one attached hydrogen (secondary N) is 1. The maximum atomic E-state index is 13.5. The lowest BCUT2D eigenvalue weighted by Crippen LogP contribution is -2.55. The zero-order chi connectivity index (χ0) is 26.5. The maximum Gasteiger partial charge on any atom is 0.420 e. The van der Waals surface area contributed by atoms with Crippen molar-refractivity contribution in [3.8, 4) is 5.75 Å². The van der Waals surface area contributed by atoms with Crippen LogP contribution in [0.4, 0.5) is 18.9 Å². The highest BCUT2D eigenvalue weighted by molar-refractivity contribution is 7.90. The number of piperidine rings is 1. The number of sulfone groups is 1. The van der Waals surface area contributed by atoms with E-state index in [4.69, 9.17) is 16.3 Å². The minimum Gasteiger partial charge on any atom is -0.477 e. The fourth-order valence-corrected chi connectivity index (χ4v) is 5.88. The first kappa shape index (κ1) is 26.6. The number of carbonyl (C=O) groups is 1. The SMILES string of the molecule is CC(C)(Oc1ccc(Cl)cc1C(F)(F)F)C(=O)NC1C[C@H]2CC[C@@H](C1)N2c1ccc(S(C)(=O)=O)cc1. The standard InChI is InChI=1S/C25H28ClF3N2O4S/c1-24(2,35-22-11-4-15(26)12-21(22)25(27,28)29)23(32)30-16-13-18-5-6-19(14-16)31(18)17-7-9-20(10-8-17)36(3,33)34/h4,7-12,16,18-19H,5-6,13-14H2,1-3H3,(H,30,32)/t16?,18-,19+. The van der Waals surface area contributed by atoms with Gasteiger partial charge in [0.05, 0.1) is 10.5 Å². The number of rotatable bonds is 6. The van der Waals surface area contributed by atoms with Crippen LogP contribution >= 0.6 is 11.6 Å². The van der Waals surface area contributed by atoms with E-state index >= 15 is 0 Å². The second kappa shape index (κ2) is 9.45. The van der Waals surface area contributed by atoms with Crippen LogP contribution in [-0.2, 0) is 20.8 Å². The van der Waals surface area contributed by atoms with E-state index in [-0.39, 0.29) is 28.0 Å². The Balaban J connectivity index is 1.43. The average Bonchev–Trinajstić information content (AvgIpc) is 3.04. The second-order valence-corrected chi connectivity index (χ2v) is 12.4. The Kier molecular flexibility index (Phi) is 6.98. The van der Waals surface area contributed by atoms with Crippen LogP contribution in [0.5, 0.6) is 5.75 Å². The van der Waals surface area contributed by atoms with Crippen LogP contribution in [0.25, 0.3) is 0 Å². The summed E-state index contributed by atoms with van der Waals surface area (Å²) >= 11 is 5.74. The van der Waals surface area contributed by atoms with E-state index in [0.717, 1.165) is 30.7 Å². The number of hydrogen-bond donors (Lipinski definition) is 1. The molecule has 1 N–H and O–H groups in total. The minimum atomic E-state index is -4.68. The molecular formula is C25H28ClF3N2O4S. The van der Waals surface area contributed by atoms with E-state index in [0.29, 0.717) is 12.8 Å². The summed E-state index contributed by atoms with van der Waals surface area (Å²) in [5, 5.41) is 2.90. The molecule has 11 heteroatoms. The van der Waals surface area contributed by atoms with Crippen LogP contribution in [0, 0.1) is 0 Å². The van der Waals surface area contributed by atoms with Gasteiger partial charge >= 0.3 is 6.18 Å². The molecule has 0 spiro atoms. The van der Waals surface area contributed by atoms with Gasteiger partial charge < -0.3 is 15.0 Å². The molecule has 2 fully saturated rings. The number of carbonyl (C=O) groups excluding carboxylic acids is 1. The summed E-state index contributed by atoms with van der Waals surface area (Å²) in [6.07, 6.45) is -0.309. The number of halogens is 4. The highest BCUT2D eigenvalue weighted by Crippen LogP contribution is 2.41. The van der Waals surface area contributed by atoms with Crippen molar-refractivity contribution in [3.05, 3.63) is 53.1 Å². The summed E-state index contributed by atoms with van der Waals surface area (Å²) in [5.41, 5.74) is -1.65. The molecule has 0 aliphatic carbocycles. The Hall–Kier alpha value is -2.46. The summed E-state index contributed by atoms with van der Waals surface area (Å²) in [7, 11) is -3.28. The van der Waals surface area contributed by atoms with E-state index in [1.807, 2.05) is 12.1 Å². The molecule has 2 saturated heterocycles. The number of alkyl halides is 3. The Morgan fingerprint density at radius 1 is 1.06 bits per heavy atom. The molecule has 6 nitrogen and oxygen atoms in total. The Morgan fingerprint density at radius 2 is 1.64 bits per heavy atom. The van der Waals surface area contributed by atoms with Crippen molar-refractivity contribution >= 4 is 33.0 Å². The van der Waals surface area contributed by atoms with Crippen molar-refractivity contribution < 1.29 is 31.1 Å². The summed E-state index contributed by atoms with van der Waals surface area (Å²) < 4.78 is 69.4. The van der Waals surface area contributed by atoms with Gasteiger partial charge in [-0.1, -0.05) is 11.6 Å². The Labute approximate surface area is 213 Å². The molecule has 2 bridgehead atoms. The minimum absolute atomic E-state index is 0.0786. The summed E-state index contributed by atoms with van der Waals surface area (Å²) in [6, 6.07) is 10.2. The van der Waals surface area contributed by atoms with E-state index < -0.39 is 38.8 Å². The smallest absolute Gasteiger partial charge is 0.420 e. The maximum absolute atomic E-state index is 13.5. The lowest BCUT2D eigenvalue weighted by atomic mass is 9.95. The average molecular weight is 545 g/mol. The summed E-state index contributed by atoms with van der Waals surface area (Å²) in [4.78, 5) is 15.6. The van der Waals surface area contributed by atoms with Gasteiger partial charge in [0, 0.05) is 35.1 Å². The Bertz CT molecular complexity index is 1230. The number of fused-ring (bicyclic) bond motifs is 2. The Morgan fingerprint density at radius 3 is 2.17 bits per heavy atom. The highest BCUT2D eigenvalue weighted by atomic mass is 35.5. The van der Waals surface area contributed by atoms with Crippen LogP contribution in [0.2, 0.25) is 5.02 Å².